The summed E-state index contributed by atoms with van der Waals surface area (Å²) in [5.41, 5.74) is 0.909. The van der Waals surface area contributed by atoms with E-state index >= 15 is 0 Å². The van der Waals surface area contributed by atoms with Gasteiger partial charge in [0.2, 0.25) is 5.91 Å². The van der Waals surface area contributed by atoms with Crippen molar-refractivity contribution in [1.29, 1.82) is 0 Å². The Morgan fingerprint density at radius 3 is 2.67 bits per heavy atom. The Kier molecular flexibility index (Phi) is 6.84. The van der Waals surface area contributed by atoms with E-state index in [2.05, 4.69) is 10.3 Å². The second-order valence-electron chi connectivity index (χ2n) is 5.55. The van der Waals surface area contributed by atoms with Crippen LogP contribution in [-0.2, 0) is 11.3 Å². The first-order valence-electron chi connectivity index (χ1n) is 7.91. The average Bonchev–Trinajstić information content (AvgIpc) is 2.60. The molecule has 0 bridgehead atoms. The van der Waals surface area contributed by atoms with Crippen molar-refractivity contribution < 1.29 is 14.3 Å². The SMILES string of the molecule is C[C@@H](C(=O)Nc1ccccn1)N(CCCO)Cc1ccc(F)cc1. The molecule has 1 amide bonds. The van der Waals surface area contributed by atoms with Crippen molar-refractivity contribution in [2.75, 3.05) is 18.5 Å². The highest BCUT2D eigenvalue weighted by molar-refractivity contribution is 5.93. The molecule has 2 rings (SSSR count). The Morgan fingerprint density at radius 2 is 2.04 bits per heavy atom. The Hall–Kier alpha value is -2.31. The predicted molar refractivity (Wildman–Crippen MR) is 90.8 cm³/mol. The number of carbonyl (C=O) groups is 1. The van der Waals surface area contributed by atoms with Crippen molar-refractivity contribution in [2.45, 2.75) is 25.9 Å². The molecule has 2 N–H and O–H groups in total. The monoisotopic (exact) mass is 331 g/mol. The number of hydrogen-bond donors (Lipinski definition) is 2. The van der Waals surface area contributed by atoms with Gasteiger partial charge in [-0.3, -0.25) is 9.69 Å². The fourth-order valence-electron chi connectivity index (χ4n) is 2.34. The third-order valence-corrected chi connectivity index (χ3v) is 3.75. The van der Waals surface area contributed by atoms with Gasteiger partial charge in [0.1, 0.15) is 11.6 Å². The standard InChI is InChI=1S/C18H22FN3O2/c1-14(18(24)21-17-5-2-3-10-20-17)22(11-4-12-23)13-15-6-8-16(19)9-7-15/h2-3,5-10,14,23H,4,11-13H2,1H3,(H,20,21,24)/t14-/m0/s1. The number of nitrogens with one attached hydrogen (secondary N) is 1. The second kappa shape index (κ2) is 9.10. The number of aromatic nitrogens is 1. The second-order valence-corrected chi connectivity index (χ2v) is 5.55. The number of aliphatic hydroxyl groups is 1. The van der Waals surface area contributed by atoms with E-state index in [0.29, 0.717) is 25.3 Å². The van der Waals surface area contributed by atoms with Crippen molar-refractivity contribution in [3.63, 3.8) is 0 Å². The molecule has 6 heteroatoms. The molecule has 1 aromatic carbocycles. The van der Waals surface area contributed by atoms with Gasteiger partial charge < -0.3 is 10.4 Å². The average molecular weight is 331 g/mol. The van der Waals surface area contributed by atoms with Gasteiger partial charge in [0, 0.05) is 25.9 Å². The van der Waals surface area contributed by atoms with Crippen LogP contribution in [0.1, 0.15) is 18.9 Å². The highest BCUT2D eigenvalue weighted by Gasteiger charge is 2.21. The molecule has 0 unspecified atom stereocenters. The largest absolute Gasteiger partial charge is 0.396 e. The maximum absolute atomic E-state index is 13.0. The lowest BCUT2D eigenvalue weighted by Crippen LogP contribution is -2.42. The quantitative estimate of drug-likeness (QED) is 0.780. The molecule has 0 aliphatic heterocycles. The molecule has 5 nitrogen and oxygen atoms in total. The molecule has 128 valence electrons. The highest BCUT2D eigenvalue weighted by Crippen LogP contribution is 2.12. The molecular weight excluding hydrogens is 309 g/mol. The van der Waals surface area contributed by atoms with Crippen LogP contribution in [-0.4, -0.2) is 40.1 Å². The molecule has 0 aliphatic carbocycles. The third kappa shape index (κ3) is 5.40. The molecule has 0 saturated heterocycles. The van der Waals surface area contributed by atoms with Gasteiger partial charge in [-0.15, -0.1) is 0 Å². The van der Waals surface area contributed by atoms with Crippen molar-refractivity contribution >= 4 is 11.7 Å². The number of nitrogens with zero attached hydrogens (tertiary/aromatic N) is 2. The Balaban J connectivity index is 2.04. The van der Waals surface area contributed by atoms with Crippen LogP contribution in [0.3, 0.4) is 0 Å². The van der Waals surface area contributed by atoms with Gasteiger partial charge in [0.25, 0.3) is 0 Å². The van der Waals surface area contributed by atoms with Gasteiger partial charge in [-0.05, 0) is 43.2 Å². The molecular formula is C18H22FN3O2. The van der Waals surface area contributed by atoms with Gasteiger partial charge in [0.15, 0.2) is 0 Å². The summed E-state index contributed by atoms with van der Waals surface area (Å²) >= 11 is 0. The van der Waals surface area contributed by atoms with Crippen LogP contribution in [0.25, 0.3) is 0 Å². The lowest BCUT2D eigenvalue weighted by molar-refractivity contribution is -0.121. The summed E-state index contributed by atoms with van der Waals surface area (Å²) in [5, 5.41) is 11.9. The summed E-state index contributed by atoms with van der Waals surface area (Å²) < 4.78 is 13.0. The molecule has 1 heterocycles. The van der Waals surface area contributed by atoms with Gasteiger partial charge in [-0.1, -0.05) is 18.2 Å². The normalized spacial score (nSPS) is 12.2. The lowest BCUT2D eigenvalue weighted by Gasteiger charge is -2.28. The fraction of sp³-hybridized carbons (Fsp3) is 0.333. The van der Waals surface area contributed by atoms with E-state index in [1.165, 1.54) is 12.1 Å². The van der Waals surface area contributed by atoms with E-state index in [9.17, 15) is 9.18 Å². The van der Waals surface area contributed by atoms with Crippen LogP contribution < -0.4 is 5.32 Å². The molecule has 24 heavy (non-hydrogen) atoms. The maximum atomic E-state index is 13.0. The minimum Gasteiger partial charge on any atom is -0.396 e. The van der Waals surface area contributed by atoms with Crippen molar-refractivity contribution in [3.05, 3.63) is 60.0 Å². The van der Waals surface area contributed by atoms with E-state index in [0.717, 1.165) is 5.56 Å². The zero-order valence-electron chi connectivity index (χ0n) is 13.7. The van der Waals surface area contributed by atoms with E-state index in [-0.39, 0.29) is 18.3 Å². The summed E-state index contributed by atoms with van der Waals surface area (Å²) in [6, 6.07) is 11.1. The molecule has 1 aromatic heterocycles. The maximum Gasteiger partial charge on any atom is 0.242 e. The van der Waals surface area contributed by atoms with Gasteiger partial charge in [-0.25, -0.2) is 9.37 Å². The molecule has 0 aliphatic rings. The summed E-state index contributed by atoms with van der Waals surface area (Å²) in [6.07, 6.45) is 2.17. The Bertz CT molecular complexity index is 634. The van der Waals surface area contributed by atoms with Gasteiger partial charge in [-0.2, -0.15) is 0 Å². The van der Waals surface area contributed by atoms with Crippen LogP contribution in [0.15, 0.2) is 48.7 Å². The summed E-state index contributed by atoms with van der Waals surface area (Å²) in [4.78, 5) is 18.5. The molecule has 0 radical (unpaired) electrons. The van der Waals surface area contributed by atoms with Crippen LogP contribution in [0.2, 0.25) is 0 Å². The smallest absolute Gasteiger partial charge is 0.242 e. The number of hydrogen-bond acceptors (Lipinski definition) is 4. The van der Waals surface area contributed by atoms with Crippen LogP contribution in [0.4, 0.5) is 10.2 Å². The van der Waals surface area contributed by atoms with E-state index in [4.69, 9.17) is 5.11 Å². The number of aliphatic hydroxyl groups excluding tert-OH is 1. The lowest BCUT2D eigenvalue weighted by atomic mass is 10.1. The minimum atomic E-state index is -0.413. The Morgan fingerprint density at radius 1 is 1.29 bits per heavy atom. The van der Waals surface area contributed by atoms with Crippen molar-refractivity contribution in [2.24, 2.45) is 0 Å². The fourth-order valence-corrected chi connectivity index (χ4v) is 2.34. The number of rotatable bonds is 8. The number of amides is 1. The summed E-state index contributed by atoms with van der Waals surface area (Å²) in [5.74, 6) is 0.0357. The van der Waals surface area contributed by atoms with Crippen LogP contribution in [0, 0.1) is 5.82 Å². The number of benzene rings is 1. The zero-order chi connectivity index (χ0) is 17.4. The predicted octanol–water partition coefficient (Wildman–Crippen LogP) is 2.43. The van der Waals surface area contributed by atoms with Crippen LogP contribution in [0.5, 0.6) is 0 Å². The first-order chi connectivity index (χ1) is 11.6. The number of halogens is 1. The van der Waals surface area contributed by atoms with Crippen LogP contribution >= 0.6 is 0 Å². The molecule has 2 aromatic rings. The van der Waals surface area contributed by atoms with Crippen molar-refractivity contribution in [1.82, 2.24) is 9.88 Å². The first-order valence-corrected chi connectivity index (χ1v) is 7.91. The summed E-state index contributed by atoms with van der Waals surface area (Å²) in [7, 11) is 0. The molecule has 0 fully saturated rings. The van der Waals surface area contributed by atoms with E-state index in [1.807, 2.05) is 4.90 Å². The molecule has 0 saturated carbocycles. The molecule has 0 spiro atoms. The number of anilines is 1. The third-order valence-electron chi connectivity index (χ3n) is 3.75. The van der Waals surface area contributed by atoms with Gasteiger partial charge >= 0.3 is 0 Å². The Labute approximate surface area is 141 Å². The van der Waals surface area contributed by atoms with E-state index < -0.39 is 6.04 Å². The van der Waals surface area contributed by atoms with Gasteiger partial charge in [0.05, 0.1) is 6.04 Å². The topological polar surface area (TPSA) is 65.5 Å². The minimum absolute atomic E-state index is 0.0501. The first kappa shape index (κ1) is 18.0. The number of pyridine rings is 1. The number of carbonyl (C=O) groups excluding carboxylic acids is 1. The zero-order valence-corrected chi connectivity index (χ0v) is 13.7. The highest BCUT2D eigenvalue weighted by atomic mass is 19.1. The molecule has 1 atom stereocenters. The van der Waals surface area contributed by atoms with E-state index in [1.54, 1.807) is 43.5 Å². The summed E-state index contributed by atoms with van der Waals surface area (Å²) in [6.45, 7) is 2.91. The van der Waals surface area contributed by atoms with Crippen molar-refractivity contribution in [3.8, 4) is 0 Å².